The molecule has 0 bridgehead atoms. The van der Waals surface area contributed by atoms with Crippen LogP contribution in [0.3, 0.4) is 0 Å². The number of benzene rings is 1. The topological polar surface area (TPSA) is 84.4 Å². The van der Waals surface area contributed by atoms with Gasteiger partial charge in [-0.15, -0.1) is 0 Å². The van der Waals surface area contributed by atoms with Crippen molar-refractivity contribution in [2.24, 2.45) is 0 Å². The molecule has 1 aliphatic heterocycles. The second-order valence-electron chi connectivity index (χ2n) is 6.42. The number of aromatic nitrogens is 2. The number of nitrogens with zero attached hydrogens (tertiary/aromatic N) is 3. The van der Waals surface area contributed by atoms with E-state index in [1.165, 1.54) is 23.3 Å². The Morgan fingerprint density at radius 3 is 2.59 bits per heavy atom. The van der Waals surface area contributed by atoms with Crippen molar-refractivity contribution in [1.29, 1.82) is 0 Å². The summed E-state index contributed by atoms with van der Waals surface area (Å²) in [6.07, 6.45) is 5.29. The van der Waals surface area contributed by atoms with Gasteiger partial charge in [0.1, 0.15) is 0 Å². The predicted octanol–water partition coefficient (Wildman–Crippen LogP) is 2.81. The van der Waals surface area contributed by atoms with Gasteiger partial charge < -0.3 is 15.7 Å². The molecule has 116 valence electrons. The molecule has 1 amide bonds. The van der Waals surface area contributed by atoms with Crippen LogP contribution < -0.4 is 5.73 Å². The Bertz CT molecular complexity index is 727. The van der Waals surface area contributed by atoms with Gasteiger partial charge in [0.15, 0.2) is 0 Å². The molecule has 2 fully saturated rings. The number of rotatable bonds is 2. The molecule has 0 spiro atoms. The maximum absolute atomic E-state index is 11.0. The number of nitrogens with two attached hydrogens (primary N) is 1. The molecule has 6 nitrogen and oxygen atoms in total. The fourth-order valence-corrected chi connectivity index (χ4v) is 3.38. The van der Waals surface area contributed by atoms with Gasteiger partial charge in [-0.1, -0.05) is 0 Å². The standard InChI is InChI=1S/C16H20N4O2/c17-14-7-11-9-20(12-3-5-19(6-4-12)16(21)22)18-15(11)8-13(14)10-1-2-10/h7-10,12H,1-6,17H2,(H,21,22). The fourth-order valence-electron chi connectivity index (χ4n) is 3.38. The number of likely N-dealkylation sites (tertiary alicyclic amines) is 1. The second kappa shape index (κ2) is 4.90. The van der Waals surface area contributed by atoms with Crippen LogP contribution in [-0.4, -0.2) is 39.0 Å². The smallest absolute Gasteiger partial charge is 0.407 e. The number of carbonyl (C=O) groups is 1. The summed E-state index contributed by atoms with van der Waals surface area (Å²) >= 11 is 0. The molecule has 0 radical (unpaired) electrons. The summed E-state index contributed by atoms with van der Waals surface area (Å²) in [7, 11) is 0. The molecule has 6 heteroatoms. The lowest BCUT2D eigenvalue weighted by Gasteiger charge is -2.29. The highest BCUT2D eigenvalue weighted by Crippen LogP contribution is 2.43. The predicted molar refractivity (Wildman–Crippen MR) is 84.0 cm³/mol. The second-order valence-corrected chi connectivity index (χ2v) is 6.42. The third-order valence-corrected chi connectivity index (χ3v) is 4.85. The lowest BCUT2D eigenvalue weighted by atomic mass is 10.1. The quantitative estimate of drug-likeness (QED) is 0.835. The highest BCUT2D eigenvalue weighted by atomic mass is 16.4. The van der Waals surface area contributed by atoms with Crippen LogP contribution >= 0.6 is 0 Å². The Balaban J connectivity index is 1.59. The summed E-state index contributed by atoms with van der Waals surface area (Å²) in [5.41, 5.74) is 9.26. The number of nitrogen functional groups attached to an aromatic ring is 1. The van der Waals surface area contributed by atoms with E-state index in [4.69, 9.17) is 15.9 Å². The molecule has 4 rings (SSSR count). The summed E-state index contributed by atoms with van der Waals surface area (Å²) in [6.45, 7) is 1.15. The molecule has 2 aromatic rings. The van der Waals surface area contributed by atoms with Crippen LogP contribution in [0.2, 0.25) is 0 Å². The van der Waals surface area contributed by atoms with E-state index in [9.17, 15) is 4.79 Å². The van der Waals surface area contributed by atoms with E-state index >= 15 is 0 Å². The lowest BCUT2D eigenvalue weighted by Crippen LogP contribution is -2.38. The maximum Gasteiger partial charge on any atom is 0.407 e. The molecule has 22 heavy (non-hydrogen) atoms. The first kappa shape index (κ1) is 13.4. The van der Waals surface area contributed by atoms with E-state index in [2.05, 4.69) is 6.07 Å². The third-order valence-electron chi connectivity index (χ3n) is 4.85. The minimum Gasteiger partial charge on any atom is -0.465 e. The molecular weight excluding hydrogens is 280 g/mol. The summed E-state index contributed by atoms with van der Waals surface area (Å²) in [5, 5.41) is 14.8. The zero-order chi connectivity index (χ0) is 15.3. The van der Waals surface area contributed by atoms with Crippen molar-refractivity contribution in [3.63, 3.8) is 0 Å². The largest absolute Gasteiger partial charge is 0.465 e. The maximum atomic E-state index is 11.0. The van der Waals surface area contributed by atoms with Gasteiger partial charge in [-0.3, -0.25) is 4.68 Å². The fraction of sp³-hybridized carbons (Fsp3) is 0.500. The van der Waals surface area contributed by atoms with Crippen LogP contribution in [-0.2, 0) is 0 Å². The zero-order valence-corrected chi connectivity index (χ0v) is 12.4. The average molecular weight is 300 g/mol. The van der Waals surface area contributed by atoms with Gasteiger partial charge in [-0.2, -0.15) is 5.10 Å². The summed E-state index contributed by atoms with van der Waals surface area (Å²) < 4.78 is 2.00. The molecule has 0 unspecified atom stereocenters. The van der Waals surface area contributed by atoms with E-state index in [1.54, 1.807) is 0 Å². The summed E-state index contributed by atoms with van der Waals surface area (Å²) in [6, 6.07) is 4.43. The van der Waals surface area contributed by atoms with Crippen LogP contribution in [0.5, 0.6) is 0 Å². The van der Waals surface area contributed by atoms with Gasteiger partial charge in [0, 0.05) is 30.4 Å². The van der Waals surface area contributed by atoms with Crippen molar-refractivity contribution in [3.8, 4) is 0 Å². The Morgan fingerprint density at radius 2 is 1.95 bits per heavy atom. The van der Waals surface area contributed by atoms with E-state index in [1.807, 2.05) is 16.9 Å². The van der Waals surface area contributed by atoms with E-state index in [0.29, 0.717) is 19.0 Å². The minimum absolute atomic E-state index is 0.272. The molecule has 0 atom stereocenters. The highest BCUT2D eigenvalue weighted by Gasteiger charge is 2.27. The van der Waals surface area contributed by atoms with Crippen LogP contribution in [0, 0.1) is 0 Å². The molecule has 1 saturated heterocycles. The van der Waals surface area contributed by atoms with Crippen LogP contribution in [0.25, 0.3) is 10.9 Å². The number of hydrogen-bond donors (Lipinski definition) is 2. The van der Waals surface area contributed by atoms with Crippen molar-refractivity contribution in [3.05, 3.63) is 23.9 Å². The molecule has 1 aromatic carbocycles. The van der Waals surface area contributed by atoms with Crippen molar-refractivity contribution in [2.75, 3.05) is 18.8 Å². The number of piperidine rings is 1. The van der Waals surface area contributed by atoms with Crippen LogP contribution in [0.15, 0.2) is 18.3 Å². The van der Waals surface area contributed by atoms with Crippen molar-refractivity contribution < 1.29 is 9.90 Å². The molecular formula is C16H20N4O2. The third kappa shape index (κ3) is 2.28. The number of hydrogen-bond acceptors (Lipinski definition) is 3. The van der Waals surface area contributed by atoms with Crippen LogP contribution in [0.4, 0.5) is 10.5 Å². The first-order chi connectivity index (χ1) is 10.6. The molecule has 1 aliphatic carbocycles. The van der Waals surface area contributed by atoms with Gasteiger partial charge in [0.05, 0.1) is 11.6 Å². The molecule has 1 aromatic heterocycles. The summed E-state index contributed by atoms with van der Waals surface area (Å²) in [5.74, 6) is 0.619. The van der Waals surface area contributed by atoms with Gasteiger partial charge >= 0.3 is 6.09 Å². The van der Waals surface area contributed by atoms with E-state index < -0.39 is 6.09 Å². The first-order valence-corrected chi connectivity index (χ1v) is 7.88. The lowest BCUT2D eigenvalue weighted by molar-refractivity contribution is 0.124. The monoisotopic (exact) mass is 300 g/mol. The zero-order valence-electron chi connectivity index (χ0n) is 12.4. The Morgan fingerprint density at radius 1 is 1.23 bits per heavy atom. The molecule has 3 N–H and O–H groups in total. The van der Waals surface area contributed by atoms with Crippen molar-refractivity contribution in [1.82, 2.24) is 14.7 Å². The SMILES string of the molecule is Nc1cc2cn(C3CCN(C(=O)O)CC3)nc2cc1C1CC1. The molecule has 2 heterocycles. The number of fused-ring (bicyclic) bond motifs is 1. The van der Waals surface area contributed by atoms with Gasteiger partial charge in [0.2, 0.25) is 0 Å². The Labute approximate surface area is 128 Å². The van der Waals surface area contributed by atoms with Gasteiger partial charge in [-0.25, -0.2) is 4.79 Å². The average Bonchev–Trinajstić information content (AvgIpc) is 3.26. The number of anilines is 1. The highest BCUT2D eigenvalue weighted by molar-refractivity contribution is 5.83. The van der Waals surface area contributed by atoms with Gasteiger partial charge in [-0.05, 0) is 49.3 Å². The normalized spacial score (nSPS) is 19.7. The Hall–Kier alpha value is -2.24. The number of amides is 1. The van der Waals surface area contributed by atoms with Crippen molar-refractivity contribution in [2.45, 2.75) is 37.6 Å². The summed E-state index contributed by atoms with van der Waals surface area (Å²) in [4.78, 5) is 12.4. The van der Waals surface area contributed by atoms with E-state index in [-0.39, 0.29) is 6.04 Å². The first-order valence-electron chi connectivity index (χ1n) is 7.88. The van der Waals surface area contributed by atoms with Gasteiger partial charge in [0.25, 0.3) is 0 Å². The number of carboxylic acid groups (broad SMARTS) is 1. The minimum atomic E-state index is -0.828. The molecule has 2 aliphatic rings. The van der Waals surface area contributed by atoms with Crippen LogP contribution in [0.1, 0.15) is 43.2 Å². The van der Waals surface area contributed by atoms with Crippen molar-refractivity contribution >= 4 is 22.7 Å². The molecule has 1 saturated carbocycles. The van der Waals surface area contributed by atoms with E-state index in [0.717, 1.165) is 29.4 Å². The Kier molecular flexibility index (Phi) is 2.99.